The number of halogens is 3. The van der Waals surface area contributed by atoms with Crippen LogP contribution >= 0.6 is 0 Å². The maximum atomic E-state index is 12.3. The predicted molar refractivity (Wildman–Crippen MR) is 71.5 cm³/mol. The zero-order valence-electron chi connectivity index (χ0n) is 11.5. The van der Waals surface area contributed by atoms with Gasteiger partial charge in [-0.15, -0.1) is 13.2 Å². The molecule has 1 aliphatic carbocycles. The smallest absolute Gasteiger partial charge is 0.406 e. The van der Waals surface area contributed by atoms with Crippen molar-refractivity contribution in [2.24, 2.45) is 5.92 Å². The van der Waals surface area contributed by atoms with Crippen LogP contribution < -0.4 is 10.1 Å². The van der Waals surface area contributed by atoms with E-state index in [1.54, 1.807) is 6.07 Å². The van der Waals surface area contributed by atoms with Crippen LogP contribution in [-0.2, 0) is 0 Å². The molecule has 2 nitrogen and oxygen atoms in total. The summed E-state index contributed by atoms with van der Waals surface area (Å²) in [5.74, 6) is 0.354. The fraction of sp³-hybridized carbons (Fsp3) is 0.600. The Morgan fingerprint density at radius 1 is 1.30 bits per heavy atom. The normalized spacial score (nSPS) is 18.2. The Balaban J connectivity index is 2.17. The molecule has 0 amide bonds. The van der Waals surface area contributed by atoms with Crippen LogP contribution in [0.15, 0.2) is 24.3 Å². The third-order valence-electron chi connectivity index (χ3n) is 3.75. The van der Waals surface area contributed by atoms with Gasteiger partial charge in [-0.2, -0.15) is 0 Å². The van der Waals surface area contributed by atoms with Crippen molar-refractivity contribution >= 4 is 0 Å². The first kappa shape index (κ1) is 15.2. The Kier molecular flexibility index (Phi) is 4.91. The monoisotopic (exact) mass is 287 g/mol. The van der Waals surface area contributed by atoms with Crippen LogP contribution in [0.1, 0.15) is 44.2 Å². The molecule has 1 unspecified atom stereocenters. The molecule has 20 heavy (non-hydrogen) atoms. The summed E-state index contributed by atoms with van der Waals surface area (Å²) in [5, 5.41) is 3.39. The van der Waals surface area contributed by atoms with Crippen LogP contribution in [0.3, 0.4) is 0 Å². The van der Waals surface area contributed by atoms with Gasteiger partial charge in [0.2, 0.25) is 0 Å². The van der Waals surface area contributed by atoms with Crippen LogP contribution in [0.2, 0.25) is 0 Å². The molecular weight excluding hydrogens is 267 g/mol. The average molecular weight is 287 g/mol. The van der Waals surface area contributed by atoms with E-state index in [4.69, 9.17) is 0 Å². The maximum Gasteiger partial charge on any atom is 0.573 e. The van der Waals surface area contributed by atoms with E-state index in [9.17, 15) is 13.2 Å². The Labute approximate surface area is 117 Å². The number of rotatable bonds is 5. The first-order chi connectivity index (χ1) is 9.49. The summed E-state index contributed by atoms with van der Waals surface area (Å²) in [5.41, 5.74) is 0.875. The molecule has 1 fully saturated rings. The fourth-order valence-corrected chi connectivity index (χ4v) is 2.97. The number of alkyl halides is 3. The van der Waals surface area contributed by atoms with Gasteiger partial charge in [-0.1, -0.05) is 31.9 Å². The van der Waals surface area contributed by atoms with Crippen LogP contribution in [0.5, 0.6) is 5.75 Å². The fourth-order valence-electron chi connectivity index (χ4n) is 2.97. The molecule has 0 bridgehead atoms. The molecule has 1 aromatic rings. The van der Waals surface area contributed by atoms with Crippen LogP contribution in [0, 0.1) is 5.92 Å². The molecule has 1 aliphatic rings. The van der Waals surface area contributed by atoms with Crippen molar-refractivity contribution in [1.82, 2.24) is 5.32 Å². The summed E-state index contributed by atoms with van der Waals surface area (Å²) in [6.45, 7) is 2.81. The molecule has 1 N–H and O–H groups in total. The number of ether oxygens (including phenoxy) is 1. The second-order valence-electron chi connectivity index (χ2n) is 5.20. The maximum absolute atomic E-state index is 12.3. The molecule has 0 saturated heterocycles. The number of benzene rings is 1. The minimum Gasteiger partial charge on any atom is -0.406 e. The molecule has 0 aromatic heterocycles. The third kappa shape index (κ3) is 4.13. The summed E-state index contributed by atoms with van der Waals surface area (Å²) < 4.78 is 40.9. The van der Waals surface area contributed by atoms with Crippen LogP contribution in [0.25, 0.3) is 0 Å². The lowest BCUT2D eigenvalue weighted by atomic mass is 9.91. The second-order valence-corrected chi connectivity index (χ2v) is 5.20. The van der Waals surface area contributed by atoms with Crippen molar-refractivity contribution < 1.29 is 17.9 Å². The van der Waals surface area contributed by atoms with E-state index in [1.807, 2.05) is 13.0 Å². The van der Waals surface area contributed by atoms with Gasteiger partial charge in [-0.25, -0.2) is 0 Å². The van der Waals surface area contributed by atoms with E-state index in [0.717, 1.165) is 24.9 Å². The topological polar surface area (TPSA) is 21.3 Å². The van der Waals surface area contributed by atoms with Crippen LogP contribution in [-0.4, -0.2) is 12.9 Å². The molecule has 5 heteroatoms. The number of hydrogen-bond donors (Lipinski definition) is 1. The van der Waals surface area contributed by atoms with E-state index in [-0.39, 0.29) is 11.8 Å². The Morgan fingerprint density at radius 3 is 2.60 bits per heavy atom. The Bertz CT molecular complexity index is 427. The molecule has 0 heterocycles. The van der Waals surface area contributed by atoms with Crippen LogP contribution in [0.4, 0.5) is 13.2 Å². The molecule has 112 valence electrons. The summed E-state index contributed by atoms with van der Waals surface area (Å²) in [7, 11) is 0. The van der Waals surface area contributed by atoms with Gasteiger partial charge in [-0.3, -0.25) is 0 Å². The largest absolute Gasteiger partial charge is 0.573 e. The number of nitrogens with one attached hydrogen (secondary N) is 1. The van der Waals surface area contributed by atoms with Crippen molar-refractivity contribution in [3.05, 3.63) is 29.8 Å². The van der Waals surface area contributed by atoms with Gasteiger partial charge in [0.25, 0.3) is 0 Å². The van der Waals surface area contributed by atoms with Gasteiger partial charge < -0.3 is 10.1 Å². The molecule has 1 atom stereocenters. The highest BCUT2D eigenvalue weighted by atomic mass is 19.4. The lowest BCUT2D eigenvalue weighted by Crippen LogP contribution is -2.27. The Hall–Kier alpha value is -1.23. The number of hydrogen-bond acceptors (Lipinski definition) is 2. The first-order valence-corrected chi connectivity index (χ1v) is 7.08. The molecule has 1 saturated carbocycles. The predicted octanol–water partition coefficient (Wildman–Crippen LogP) is 4.43. The standard InChI is InChI=1S/C15H20F3NO/c1-2-19-14(11-6-3-4-7-11)12-8-5-9-13(10-12)20-15(16,17)18/h5,8-11,14,19H,2-4,6-7H2,1H3. The van der Waals surface area contributed by atoms with Gasteiger partial charge in [-0.05, 0) is 43.0 Å². The molecule has 0 radical (unpaired) electrons. The van der Waals surface area contributed by atoms with E-state index >= 15 is 0 Å². The summed E-state index contributed by atoms with van der Waals surface area (Å²) >= 11 is 0. The van der Waals surface area contributed by atoms with Crippen molar-refractivity contribution in [3.8, 4) is 5.75 Å². The molecule has 1 aromatic carbocycles. The lowest BCUT2D eigenvalue weighted by Gasteiger charge is -2.25. The summed E-state index contributed by atoms with van der Waals surface area (Å²) in [6, 6.07) is 6.44. The molecule has 0 spiro atoms. The molecular formula is C15H20F3NO. The van der Waals surface area contributed by atoms with E-state index in [0.29, 0.717) is 5.92 Å². The molecule has 0 aliphatic heterocycles. The van der Waals surface area contributed by atoms with Gasteiger partial charge in [0.1, 0.15) is 5.75 Å². The first-order valence-electron chi connectivity index (χ1n) is 7.08. The SMILES string of the molecule is CCNC(c1cccc(OC(F)(F)F)c1)C1CCCC1. The minimum atomic E-state index is -4.64. The minimum absolute atomic E-state index is 0.110. The van der Waals surface area contributed by atoms with Crippen molar-refractivity contribution in [3.63, 3.8) is 0 Å². The lowest BCUT2D eigenvalue weighted by molar-refractivity contribution is -0.274. The van der Waals surface area contributed by atoms with Crippen molar-refractivity contribution in [2.75, 3.05) is 6.54 Å². The highest BCUT2D eigenvalue weighted by molar-refractivity contribution is 5.31. The average Bonchev–Trinajstić information content (AvgIpc) is 2.87. The third-order valence-corrected chi connectivity index (χ3v) is 3.75. The van der Waals surface area contributed by atoms with Crippen molar-refractivity contribution in [1.29, 1.82) is 0 Å². The quantitative estimate of drug-likeness (QED) is 0.865. The highest BCUT2D eigenvalue weighted by Gasteiger charge is 2.32. The van der Waals surface area contributed by atoms with E-state index in [2.05, 4.69) is 10.1 Å². The Morgan fingerprint density at radius 2 is 2.00 bits per heavy atom. The van der Waals surface area contributed by atoms with Gasteiger partial charge >= 0.3 is 6.36 Å². The molecule has 2 rings (SSSR count). The summed E-state index contributed by atoms with van der Waals surface area (Å²) in [4.78, 5) is 0. The highest BCUT2D eigenvalue weighted by Crippen LogP contribution is 2.37. The van der Waals surface area contributed by atoms with Gasteiger partial charge in [0.15, 0.2) is 0 Å². The van der Waals surface area contributed by atoms with Gasteiger partial charge in [0, 0.05) is 6.04 Å². The van der Waals surface area contributed by atoms with E-state index in [1.165, 1.54) is 25.0 Å². The zero-order valence-corrected chi connectivity index (χ0v) is 11.5. The zero-order chi connectivity index (χ0) is 14.6. The summed E-state index contributed by atoms with van der Waals surface area (Å²) in [6.07, 6.45) is 0.0142. The second kappa shape index (κ2) is 6.48. The van der Waals surface area contributed by atoms with E-state index < -0.39 is 6.36 Å². The van der Waals surface area contributed by atoms with Crippen molar-refractivity contribution in [2.45, 2.75) is 45.0 Å². The van der Waals surface area contributed by atoms with Gasteiger partial charge in [0.05, 0.1) is 0 Å².